The number of nitrogens with one attached hydrogen (secondary N) is 2. The third-order valence-electron chi connectivity index (χ3n) is 2.14. The molecule has 84 valence electrons. The molecule has 16 heavy (non-hydrogen) atoms. The second kappa shape index (κ2) is 4.63. The third-order valence-corrected chi connectivity index (χ3v) is 2.14. The van der Waals surface area contributed by atoms with Gasteiger partial charge in [0.25, 0.3) is 0 Å². The van der Waals surface area contributed by atoms with Crippen LogP contribution < -0.4 is 11.1 Å². The van der Waals surface area contributed by atoms with Crippen LogP contribution in [0.2, 0.25) is 0 Å². The molecule has 5 N–H and O–H groups in total. The van der Waals surface area contributed by atoms with Crippen LogP contribution in [-0.2, 0) is 0 Å². The maximum atomic E-state index is 9.83. The third kappa shape index (κ3) is 2.48. The zero-order chi connectivity index (χ0) is 11.4. The Morgan fingerprint density at radius 3 is 2.75 bits per heavy atom. The summed E-state index contributed by atoms with van der Waals surface area (Å²) in [7, 11) is 0. The lowest BCUT2D eigenvalue weighted by Gasteiger charge is -2.10. The SMILES string of the molecule is Nc1nc(NCC(O)c2ccccc2)n[nH]1. The van der Waals surface area contributed by atoms with Crippen molar-refractivity contribution in [2.75, 3.05) is 17.6 Å². The molecule has 0 aliphatic heterocycles. The average Bonchev–Trinajstić information content (AvgIpc) is 2.73. The molecular weight excluding hydrogens is 206 g/mol. The summed E-state index contributed by atoms with van der Waals surface area (Å²) in [6.07, 6.45) is -0.596. The van der Waals surface area contributed by atoms with E-state index < -0.39 is 6.10 Å². The lowest BCUT2D eigenvalue weighted by molar-refractivity contribution is 0.191. The Bertz CT molecular complexity index is 441. The van der Waals surface area contributed by atoms with Crippen molar-refractivity contribution in [1.29, 1.82) is 0 Å². The Morgan fingerprint density at radius 2 is 2.12 bits per heavy atom. The Balaban J connectivity index is 1.91. The molecule has 0 bridgehead atoms. The van der Waals surface area contributed by atoms with E-state index in [1.165, 1.54) is 0 Å². The van der Waals surface area contributed by atoms with E-state index in [-0.39, 0.29) is 5.95 Å². The molecule has 1 heterocycles. The number of anilines is 2. The monoisotopic (exact) mass is 219 g/mol. The van der Waals surface area contributed by atoms with Crippen LogP contribution in [0.1, 0.15) is 11.7 Å². The summed E-state index contributed by atoms with van der Waals surface area (Å²) < 4.78 is 0. The molecule has 0 aliphatic carbocycles. The van der Waals surface area contributed by atoms with Crippen LogP contribution in [-0.4, -0.2) is 26.8 Å². The number of nitrogens with zero attached hydrogens (tertiary/aromatic N) is 2. The number of hydrogen-bond donors (Lipinski definition) is 4. The summed E-state index contributed by atoms with van der Waals surface area (Å²) in [4.78, 5) is 3.87. The number of nitrogens with two attached hydrogens (primary N) is 1. The van der Waals surface area contributed by atoms with Gasteiger partial charge in [-0.1, -0.05) is 30.3 Å². The first-order chi connectivity index (χ1) is 7.75. The van der Waals surface area contributed by atoms with E-state index in [0.717, 1.165) is 5.56 Å². The van der Waals surface area contributed by atoms with Gasteiger partial charge < -0.3 is 16.2 Å². The molecule has 1 aromatic heterocycles. The van der Waals surface area contributed by atoms with Gasteiger partial charge in [-0.2, -0.15) is 4.98 Å². The van der Waals surface area contributed by atoms with Gasteiger partial charge in [-0.3, -0.25) is 0 Å². The maximum Gasteiger partial charge on any atom is 0.243 e. The number of aliphatic hydroxyl groups is 1. The number of aromatic amines is 1. The van der Waals surface area contributed by atoms with Gasteiger partial charge in [-0.15, -0.1) is 5.10 Å². The molecule has 2 rings (SSSR count). The predicted octanol–water partition coefficient (Wildman–Crippen LogP) is 0.532. The normalized spacial score (nSPS) is 12.3. The van der Waals surface area contributed by atoms with Crippen LogP contribution in [0.25, 0.3) is 0 Å². The van der Waals surface area contributed by atoms with E-state index in [0.29, 0.717) is 12.5 Å². The Hall–Kier alpha value is -2.08. The highest BCUT2D eigenvalue weighted by Gasteiger charge is 2.07. The van der Waals surface area contributed by atoms with Crippen LogP contribution in [0.3, 0.4) is 0 Å². The Morgan fingerprint density at radius 1 is 1.38 bits per heavy atom. The molecule has 0 radical (unpaired) electrons. The molecule has 2 aromatic rings. The van der Waals surface area contributed by atoms with Gasteiger partial charge in [-0.25, -0.2) is 5.10 Å². The molecule has 1 aromatic carbocycles. The predicted molar refractivity (Wildman–Crippen MR) is 60.7 cm³/mol. The van der Waals surface area contributed by atoms with Crippen LogP contribution in [0.15, 0.2) is 30.3 Å². The lowest BCUT2D eigenvalue weighted by atomic mass is 10.1. The fourth-order valence-corrected chi connectivity index (χ4v) is 1.33. The molecule has 1 atom stereocenters. The number of hydrogen-bond acceptors (Lipinski definition) is 5. The molecule has 0 fully saturated rings. The fourth-order valence-electron chi connectivity index (χ4n) is 1.33. The van der Waals surface area contributed by atoms with Crippen molar-refractivity contribution in [3.8, 4) is 0 Å². The van der Waals surface area contributed by atoms with Gasteiger partial charge in [0.1, 0.15) is 0 Å². The number of rotatable bonds is 4. The zero-order valence-electron chi connectivity index (χ0n) is 8.59. The highest BCUT2D eigenvalue weighted by Crippen LogP contribution is 2.12. The average molecular weight is 219 g/mol. The number of aliphatic hydroxyl groups excluding tert-OH is 1. The molecule has 0 saturated heterocycles. The van der Waals surface area contributed by atoms with E-state index in [1.807, 2.05) is 30.3 Å². The molecule has 0 saturated carbocycles. The van der Waals surface area contributed by atoms with E-state index in [4.69, 9.17) is 5.73 Å². The minimum atomic E-state index is -0.596. The summed E-state index contributed by atoms with van der Waals surface area (Å²) >= 11 is 0. The number of benzene rings is 1. The van der Waals surface area contributed by atoms with Gasteiger partial charge in [0.2, 0.25) is 11.9 Å². The van der Waals surface area contributed by atoms with E-state index in [2.05, 4.69) is 20.5 Å². The first kappa shape index (κ1) is 10.4. The largest absolute Gasteiger partial charge is 0.387 e. The standard InChI is InChI=1S/C10H13N5O/c11-9-13-10(15-14-9)12-6-8(16)7-4-2-1-3-5-7/h1-5,8,16H,6H2,(H4,11,12,13,14,15). The Kier molecular flexibility index (Phi) is 3.02. The number of nitrogen functional groups attached to an aromatic ring is 1. The van der Waals surface area contributed by atoms with E-state index in [9.17, 15) is 5.11 Å². The maximum absolute atomic E-state index is 9.83. The topological polar surface area (TPSA) is 99.8 Å². The zero-order valence-corrected chi connectivity index (χ0v) is 8.59. The summed E-state index contributed by atoms with van der Waals surface area (Å²) in [6, 6.07) is 9.38. The van der Waals surface area contributed by atoms with Gasteiger partial charge in [0, 0.05) is 6.54 Å². The van der Waals surface area contributed by atoms with Crippen molar-refractivity contribution in [2.24, 2.45) is 0 Å². The van der Waals surface area contributed by atoms with Crippen molar-refractivity contribution in [3.63, 3.8) is 0 Å². The summed E-state index contributed by atoms with van der Waals surface area (Å²) in [5.74, 6) is 0.629. The fraction of sp³-hybridized carbons (Fsp3) is 0.200. The van der Waals surface area contributed by atoms with Crippen molar-refractivity contribution in [3.05, 3.63) is 35.9 Å². The number of aromatic nitrogens is 3. The van der Waals surface area contributed by atoms with Crippen LogP contribution in [0.5, 0.6) is 0 Å². The molecule has 0 aliphatic rings. The summed E-state index contributed by atoms with van der Waals surface area (Å²) in [5.41, 5.74) is 6.21. The second-order valence-corrected chi connectivity index (χ2v) is 3.35. The van der Waals surface area contributed by atoms with Crippen LogP contribution in [0.4, 0.5) is 11.9 Å². The van der Waals surface area contributed by atoms with Crippen molar-refractivity contribution < 1.29 is 5.11 Å². The van der Waals surface area contributed by atoms with Gasteiger partial charge in [-0.05, 0) is 5.56 Å². The minimum absolute atomic E-state index is 0.247. The van der Waals surface area contributed by atoms with Gasteiger partial charge in [0.15, 0.2) is 0 Å². The van der Waals surface area contributed by atoms with E-state index in [1.54, 1.807) is 0 Å². The van der Waals surface area contributed by atoms with Gasteiger partial charge in [0.05, 0.1) is 6.10 Å². The molecule has 1 unspecified atom stereocenters. The Labute approximate surface area is 92.5 Å². The molecule has 0 spiro atoms. The molecule has 6 nitrogen and oxygen atoms in total. The minimum Gasteiger partial charge on any atom is -0.387 e. The quantitative estimate of drug-likeness (QED) is 0.601. The highest BCUT2D eigenvalue weighted by atomic mass is 16.3. The van der Waals surface area contributed by atoms with Crippen LogP contribution >= 0.6 is 0 Å². The first-order valence-corrected chi connectivity index (χ1v) is 4.90. The van der Waals surface area contributed by atoms with Crippen LogP contribution in [0, 0.1) is 0 Å². The number of H-pyrrole nitrogens is 1. The van der Waals surface area contributed by atoms with Gasteiger partial charge >= 0.3 is 0 Å². The second-order valence-electron chi connectivity index (χ2n) is 3.35. The summed E-state index contributed by atoms with van der Waals surface area (Å²) in [6.45, 7) is 0.335. The summed E-state index contributed by atoms with van der Waals surface area (Å²) in [5, 5.41) is 19.0. The first-order valence-electron chi connectivity index (χ1n) is 4.90. The highest BCUT2D eigenvalue weighted by molar-refractivity contribution is 5.30. The van der Waals surface area contributed by atoms with Crippen molar-refractivity contribution in [2.45, 2.75) is 6.10 Å². The molecule has 6 heteroatoms. The molecule has 0 amide bonds. The van der Waals surface area contributed by atoms with Crippen molar-refractivity contribution >= 4 is 11.9 Å². The molecular formula is C10H13N5O. The van der Waals surface area contributed by atoms with Crippen molar-refractivity contribution in [1.82, 2.24) is 15.2 Å². The van der Waals surface area contributed by atoms with E-state index >= 15 is 0 Å². The lowest BCUT2D eigenvalue weighted by Crippen LogP contribution is -2.12. The smallest absolute Gasteiger partial charge is 0.243 e.